The molecule has 0 saturated heterocycles. The van der Waals surface area contributed by atoms with E-state index in [4.69, 9.17) is 9.47 Å². The maximum atomic E-state index is 15.2. The normalized spacial score (nSPS) is 18.9. The van der Waals surface area contributed by atoms with E-state index in [0.717, 1.165) is 53.2 Å². The largest absolute Gasteiger partial charge is 0.488 e. The van der Waals surface area contributed by atoms with Crippen molar-refractivity contribution < 1.29 is 22.6 Å². The summed E-state index contributed by atoms with van der Waals surface area (Å²) in [5.41, 5.74) is -0.367. The molecule has 9 heteroatoms. The molecule has 6 nitrogen and oxygen atoms in total. The van der Waals surface area contributed by atoms with Crippen LogP contribution in [0.2, 0.25) is 0 Å². The molecule has 0 saturated carbocycles. The van der Waals surface area contributed by atoms with Crippen molar-refractivity contribution in [1.82, 2.24) is 0 Å². The van der Waals surface area contributed by atoms with Crippen molar-refractivity contribution in [3.8, 4) is 24.0 Å². The summed E-state index contributed by atoms with van der Waals surface area (Å²) in [6.07, 6.45) is 6.86. The second-order valence-electron chi connectivity index (χ2n) is 13.8. The van der Waals surface area contributed by atoms with Gasteiger partial charge in [0.25, 0.3) is 5.60 Å². The average molecular weight is 727 g/mol. The highest BCUT2D eigenvalue weighted by atomic mass is 19.4. The molecule has 0 fully saturated rings. The lowest BCUT2D eigenvalue weighted by molar-refractivity contribution is -0.249. The first-order valence-corrected chi connectivity index (χ1v) is 17.7. The predicted octanol–water partition coefficient (Wildman–Crippen LogP) is 11.0. The smallest absolute Gasteiger partial charge is 0.437 e. The minimum atomic E-state index is -5.06. The number of anilines is 1. The van der Waals surface area contributed by atoms with Crippen LogP contribution in [0.3, 0.4) is 0 Å². The van der Waals surface area contributed by atoms with Gasteiger partial charge in [0.15, 0.2) is 11.3 Å². The molecule has 1 aliphatic carbocycles. The quantitative estimate of drug-likeness (QED) is 0.183. The summed E-state index contributed by atoms with van der Waals surface area (Å²) in [5.74, 6) is 0.0597. The van der Waals surface area contributed by atoms with Gasteiger partial charge in [0.05, 0.1) is 0 Å². The monoisotopic (exact) mass is 726 g/mol. The van der Waals surface area contributed by atoms with Crippen LogP contribution >= 0.6 is 0 Å². The zero-order valence-corrected chi connectivity index (χ0v) is 30.7. The van der Waals surface area contributed by atoms with Gasteiger partial charge in [-0.25, -0.2) is 0 Å². The van der Waals surface area contributed by atoms with E-state index in [9.17, 15) is 15.8 Å². The van der Waals surface area contributed by atoms with Gasteiger partial charge in [-0.1, -0.05) is 111 Å². The Bertz CT molecular complexity index is 2150. The summed E-state index contributed by atoms with van der Waals surface area (Å²) < 4.78 is 57.5. The van der Waals surface area contributed by atoms with Crippen molar-refractivity contribution in [1.29, 1.82) is 15.8 Å². The van der Waals surface area contributed by atoms with E-state index in [0.29, 0.717) is 13.0 Å². The number of hydrogen-bond donors (Lipinski definition) is 0. The van der Waals surface area contributed by atoms with Crippen molar-refractivity contribution in [2.45, 2.75) is 58.9 Å². The zero-order valence-electron chi connectivity index (χ0n) is 30.7. The minimum absolute atomic E-state index is 0.162. The summed E-state index contributed by atoms with van der Waals surface area (Å²) in [6, 6.07) is 28.0. The summed E-state index contributed by atoms with van der Waals surface area (Å²) in [4.78, 5) is 2.26. The molecule has 3 aromatic carbocycles. The summed E-state index contributed by atoms with van der Waals surface area (Å²) in [7, 11) is 0. The number of hydrogen-bond acceptors (Lipinski definition) is 6. The van der Waals surface area contributed by atoms with E-state index in [1.165, 1.54) is 36.4 Å². The van der Waals surface area contributed by atoms with E-state index >= 15 is 13.2 Å². The van der Waals surface area contributed by atoms with Crippen LogP contribution in [0.15, 0.2) is 143 Å². The van der Waals surface area contributed by atoms with Gasteiger partial charge in [-0.3, -0.25) is 0 Å². The van der Waals surface area contributed by atoms with Crippen molar-refractivity contribution in [2.24, 2.45) is 5.41 Å². The molecule has 0 spiro atoms. The zero-order chi connectivity index (χ0) is 38.9. The molecule has 274 valence electrons. The molecule has 0 N–H and O–H groups in total. The van der Waals surface area contributed by atoms with Gasteiger partial charge in [0.1, 0.15) is 36.1 Å². The van der Waals surface area contributed by atoms with Gasteiger partial charge in [-0.05, 0) is 60.9 Å². The van der Waals surface area contributed by atoms with Gasteiger partial charge < -0.3 is 14.4 Å². The maximum Gasteiger partial charge on any atom is 0.437 e. The molecule has 3 aromatic rings. The Kier molecular flexibility index (Phi) is 12.0. The summed E-state index contributed by atoms with van der Waals surface area (Å²) in [6.45, 7) is 10.6. The topological polar surface area (TPSA) is 93.1 Å². The third-order valence-electron chi connectivity index (χ3n) is 9.42. The van der Waals surface area contributed by atoms with Crippen LogP contribution in [-0.4, -0.2) is 19.3 Å². The third-order valence-corrected chi connectivity index (χ3v) is 9.42. The van der Waals surface area contributed by atoms with E-state index in [1.807, 2.05) is 48.6 Å². The van der Waals surface area contributed by atoms with E-state index in [1.54, 1.807) is 30.4 Å². The number of benzene rings is 3. The molecule has 0 amide bonds. The molecular weight excluding hydrogens is 686 g/mol. The van der Waals surface area contributed by atoms with Crippen molar-refractivity contribution in [3.05, 3.63) is 160 Å². The highest BCUT2D eigenvalue weighted by Crippen LogP contribution is 2.56. The lowest BCUT2D eigenvalue weighted by Crippen LogP contribution is -2.43. The number of rotatable bonds is 11. The molecular formula is C45H41F3N4O2. The van der Waals surface area contributed by atoms with Gasteiger partial charge in [0, 0.05) is 41.5 Å². The second kappa shape index (κ2) is 16.6. The Balaban J connectivity index is 1.53. The van der Waals surface area contributed by atoms with Crippen LogP contribution in [0.25, 0.3) is 6.08 Å². The standard InChI is InChI=1S/C45H41F3N4O2/c1-5-52(6-2)38-23-22-35(41(25-38)53-31-32-14-9-7-10-15-32)21-20-34-24-33(26-43(3,4)27-34)16-13-19-40-39(30-51)42(36(28-49)29-50)54-44(40,45(46,47)48)37-17-11-8-12-18-37/h7-25H,5-6,26-27,31H2,1-4H3/b19-13+,21-20+,33-16-. The summed E-state index contributed by atoms with van der Waals surface area (Å²) in [5, 5.41) is 29.2. The first-order chi connectivity index (χ1) is 25.9. The molecule has 5 rings (SSSR count). The van der Waals surface area contributed by atoms with Gasteiger partial charge in [-0.2, -0.15) is 29.0 Å². The predicted molar refractivity (Wildman–Crippen MR) is 204 cm³/mol. The van der Waals surface area contributed by atoms with Crippen LogP contribution in [0, 0.1) is 39.4 Å². The first kappa shape index (κ1) is 39.0. The lowest BCUT2D eigenvalue weighted by atomic mass is 9.75. The van der Waals surface area contributed by atoms with Crippen LogP contribution < -0.4 is 9.64 Å². The molecule has 0 bridgehead atoms. The van der Waals surface area contributed by atoms with Crippen molar-refractivity contribution in [3.63, 3.8) is 0 Å². The number of allylic oxidation sites excluding steroid dienone is 8. The molecule has 1 aliphatic heterocycles. The SMILES string of the molecule is CCN(CC)c1ccc(/C=C/C2=CC(=C/C=C/C3=C(C#N)C(=C(C#N)C#N)OC3(c3ccccc3)C(F)(F)F)/CC(C)(C)C2)c(OCc2ccccc2)c1. The van der Waals surface area contributed by atoms with Crippen LogP contribution in [0.5, 0.6) is 5.75 Å². The Hall–Kier alpha value is -6.24. The molecule has 1 atom stereocenters. The highest BCUT2D eigenvalue weighted by molar-refractivity contribution is 5.66. The average Bonchev–Trinajstić information content (AvgIpc) is 3.50. The highest BCUT2D eigenvalue weighted by Gasteiger charge is 2.65. The van der Waals surface area contributed by atoms with Crippen molar-refractivity contribution in [2.75, 3.05) is 18.0 Å². The number of alkyl halides is 3. The fourth-order valence-corrected chi connectivity index (χ4v) is 6.93. The first-order valence-electron chi connectivity index (χ1n) is 17.7. The molecule has 1 unspecified atom stereocenters. The van der Waals surface area contributed by atoms with E-state index < -0.39 is 34.3 Å². The Morgan fingerprint density at radius 2 is 1.56 bits per heavy atom. The van der Waals surface area contributed by atoms with E-state index in [-0.39, 0.29) is 11.0 Å². The number of ether oxygens (including phenoxy) is 2. The number of nitriles is 3. The Labute approximate surface area is 315 Å². The minimum Gasteiger partial charge on any atom is -0.488 e. The fourth-order valence-electron chi connectivity index (χ4n) is 6.93. The Morgan fingerprint density at radius 1 is 0.889 bits per heavy atom. The van der Waals surface area contributed by atoms with Crippen LogP contribution in [-0.2, 0) is 16.9 Å². The van der Waals surface area contributed by atoms with Crippen LogP contribution in [0.4, 0.5) is 18.9 Å². The molecule has 0 aromatic heterocycles. The second-order valence-corrected chi connectivity index (χ2v) is 13.8. The third kappa shape index (κ3) is 8.35. The molecule has 2 aliphatic rings. The van der Waals surface area contributed by atoms with Crippen molar-refractivity contribution >= 4 is 11.8 Å². The number of nitrogens with zero attached hydrogens (tertiary/aromatic N) is 4. The van der Waals surface area contributed by atoms with Crippen LogP contribution in [0.1, 0.15) is 57.2 Å². The maximum absolute atomic E-state index is 15.2. The fraction of sp³-hybridized carbons (Fsp3) is 0.267. The summed E-state index contributed by atoms with van der Waals surface area (Å²) >= 11 is 0. The molecule has 54 heavy (non-hydrogen) atoms. The number of halogens is 3. The van der Waals surface area contributed by atoms with Gasteiger partial charge in [-0.15, -0.1) is 0 Å². The van der Waals surface area contributed by atoms with Gasteiger partial charge >= 0.3 is 6.18 Å². The lowest BCUT2D eigenvalue weighted by Gasteiger charge is -2.33. The van der Waals surface area contributed by atoms with Gasteiger partial charge in [0.2, 0.25) is 0 Å². The Morgan fingerprint density at radius 3 is 2.17 bits per heavy atom. The molecule has 0 radical (unpaired) electrons. The molecule has 1 heterocycles. The van der Waals surface area contributed by atoms with E-state index in [2.05, 4.69) is 50.8 Å².